The number of carbonyl (C=O) groups is 2. The lowest BCUT2D eigenvalue weighted by molar-refractivity contribution is -0.128. The number of aliphatic imine (C=N–C) groups is 1. The number of carbonyl (C=O) groups excluding carboxylic acids is 2. The van der Waals surface area contributed by atoms with Gasteiger partial charge in [-0.15, -0.1) is 0 Å². The van der Waals surface area contributed by atoms with Crippen molar-refractivity contribution in [3.05, 3.63) is 48.0 Å². The molecule has 0 aliphatic carbocycles. The van der Waals surface area contributed by atoms with Gasteiger partial charge >= 0.3 is 0 Å². The highest BCUT2D eigenvalue weighted by Crippen LogP contribution is 2.33. The molecular formula is C23H27N3O4S. The first-order valence-corrected chi connectivity index (χ1v) is 11.0. The number of ether oxygens (including phenoxy) is 2. The smallest absolute Gasteiger partial charge is 0.242 e. The number of rotatable bonds is 8. The van der Waals surface area contributed by atoms with Crippen molar-refractivity contribution in [2.75, 3.05) is 26.1 Å². The van der Waals surface area contributed by atoms with Crippen molar-refractivity contribution in [3.63, 3.8) is 0 Å². The van der Waals surface area contributed by atoms with E-state index in [-0.39, 0.29) is 18.2 Å². The van der Waals surface area contributed by atoms with Gasteiger partial charge in [0, 0.05) is 24.7 Å². The first-order chi connectivity index (χ1) is 15.0. The Bertz CT molecular complexity index is 993. The fourth-order valence-electron chi connectivity index (χ4n) is 3.24. The summed E-state index contributed by atoms with van der Waals surface area (Å²) in [6.45, 7) is 4.57. The molecule has 1 aliphatic heterocycles. The van der Waals surface area contributed by atoms with Gasteiger partial charge in [-0.3, -0.25) is 14.5 Å². The first-order valence-electron chi connectivity index (χ1n) is 10.1. The molecule has 1 saturated heterocycles. The number of hydrogen-bond acceptors (Lipinski definition) is 6. The summed E-state index contributed by atoms with van der Waals surface area (Å²) in [6.07, 6.45) is 0.870. The predicted molar refractivity (Wildman–Crippen MR) is 124 cm³/mol. The maximum Gasteiger partial charge on any atom is 0.242 e. The summed E-state index contributed by atoms with van der Waals surface area (Å²) in [5.74, 6) is 0.774. The van der Waals surface area contributed by atoms with Gasteiger partial charge < -0.3 is 14.8 Å². The number of nitrogens with one attached hydrogen (secondary N) is 1. The minimum absolute atomic E-state index is 0.0604. The molecule has 0 bridgehead atoms. The highest BCUT2D eigenvalue weighted by atomic mass is 32.2. The fourth-order valence-corrected chi connectivity index (χ4v) is 4.42. The molecule has 2 aromatic carbocycles. The molecule has 164 valence electrons. The molecule has 1 aliphatic rings. The van der Waals surface area contributed by atoms with Crippen LogP contribution in [-0.2, 0) is 9.59 Å². The molecule has 0 saturated carbocycles. The second kappa shape index (κ2) is 10.3. The average molecular weight is 442 g/mol. The maximum absolute atomic E-state index is 13.0. The zero-order chi connectivity index (χ0) is 22.4. The fraction of sp³-hybridized carbons (Fsp3) is 0.348. The topological polar surface area (TPSA) is 80.2 Å². The summed E-state index contributed by atoms with van der Waals surface area (Å²) < 4.78 is 10.5. The summed E-state index contributed by atoms with van der Waals surface area (Å²) in [7, 11) is 3.09. The highest BCUT2D eigenvalue weighted by Gasteiger charge is 2.38. The molecule has 1 unspecified atom stereocenters. The van der Waals surface area contributed by atoms with Crippen LogP contribution in [0.2, 0.25) is 0 Å². The van der Waals surface area contributed by atoms with Crippen molar-refractivity contribution >= 4 is 40.1 Å². The van der Waals surface area contributed by atoms with Crippen molar-refractivity contribution < 1.29 is 19.1 Å². The number of nitrogens with zero attached hydrogens (tertiary/aromatic N) is 2. The third-order valence-electron chi connectivity index (χ3n) is 4.84. The lowest BCUT2D eigenvalue weighted by Crippen LogP contribution is -2.34. The van der Waals surface area contributed by atoms with E-state index in [0.29, 0.717) is 28.9 Å². The number of aryl methyl sites for hydroxylation is 1. The quantitative estimate of drug-likeness (QED) is 0.657. The Balaban J connectivity index is 1.73. The molecule has 3 rings (SSSR count). The lowest BCUT2D eigenvalue weighted by atomic mass is 10.2. The normalized spacial score (nSPS) is 17.2. The third-order valence-corrected chi connectivity index (χ3v) is 6.01. The van der Waals surface area contributed by atoms with E-state index in [2.05, 4.69) is 5.32 Å². The van der Waals surface area contributed by atoms with Crippen LogP contribution in [0.3, 0.4) is 0 Å². The van der Waals surface area contributed by atoms with Crippen molar-refractivity contribution in [1.82, 2.24) is 4.90 Å². The maximum atomic E-state index is 13.0. The molecule has 0 radical (unpaired) electrons. The van der Waals surface area contributed by atoms with Crippen LogP contribution in [0.5, 0.6) is 11.5 Å². The van der Waals surface area contributed by atoms with Crippen molar-refractivity contribution in [1.29, 1.82) is 0 Å². The van der Waals surface area contributed by atoms with Crippen LogP contribution in [0, 0.1) is 6.92 Å². The Kier molecular flexibility index (Phi) is 7.57. The van der Waals surface area contributed by atoms with E-state index < -0.39 is 5.25 Å². The van der Waals surface area contributed by atoms with Crippen LogP contribution >= 0.6 is 11.8 Å². The number of para-hydroxylation sites is 1. The van der Waals surface area contributed by atoms with E-state index in [9.17, 15) is 9.59 Å². The van der Waals surface area contributed by atoms with E-state index in [4.69, 9.17) is 14.5 Å². The minimum atomic E-state index is -0.505. The average Bonchev–Trinajstić information content (AvgIpc) is 3.04. The number of amidine groups is 1. The Morgan fingerprint density at radius 1 is 1.16 bits per heavy atom. The molecule has 2 amide bonds. The van der Waals surface area contributed by atoms with Crippen LogP contribution < -0.4 is 14.8 Å². The molecular weight excluding hydrogens is 414 g/mol. The molecule has 0 spiro atoms. The Morgan fingerprint density at radius 3 is 2.58 bits per heavy atom. The van der Waals surface area contributed by atoms with Crippen LogP contribution in [0.15, 0.2) is 47.5 Å². The third kappa shape index (κ3) is 5.38. The molecule has 2 aromatic rings. The first kappa shape index (κ1) is 22.7. The molecule has 1 heterocycles. The summed E-state index contributed by atoms with van der Waals surface area (Å²) in [5.41, 5.74) is 2.45. The Hall–Kier alpha value is -3.00. The van der Waals surface area contributed by atoms with E-state index in [1.807, 2.05) is 38.1 Å². The second-order valence-corrected chi connectivity index (χ2v) is 8.27. The van der Waals surface area contributed by atoms with Gasteiger partial charge in [-0.2, -0.15) is 0 Å². The molecule has 1 fully saturated rings. The zero-order valence-corrected chi connectivity index (χ0v) is 19.0. The van der Waals surface area contributed by atoms with E-state index in [1.54, 1.807) is 30.2 Å². The van der Waals surface area contributed by atoms with Gasteiger partial charge in [-0.1, -0.05) is 36.9 Å². The van der Waals surface area contributed by atoms with Gasteiger partial charge in [-0.25, -0.2) is 4.99 Å². The number of amides is 2. The second-order valence-electron chi connectivity index (χ2n) is 7.10. The monoisotopic (exact) mass is 441 g/mol. The minimum Gasteiger partial charge on any atom is -0.493 e. The van der Waals surface area contributed by atoms with Gasteiger partial charge in [-0.05, 0) is 37.1 Å². The highest BCUT2D eigenvalue weighted by molar-refractivity contribution is 8.15. The van der Waals surface area contributed by atoms with Crippen LogP contribution in [0.25, 0.3) is 0 Å². The summed E-state index contributed by atoms with van der Waals surface area (Å²) in [6, 6.07) is 12.9. The molecule has 1 N–H and O–H groups in total. The summed E-state index contributed by atoms with van der Waals surface area (Å²) >= 11 is 1.34. The van der Waals surface area contributed by atoms with Gasteiger partial charge in [0.15, 0.2) is 16.7 Å². The summed E-state index contributed by atoms with van der Waals surface area (Å²) in [4.78, 5) is 32.0. The van der Waals surface area contributed by atoms with Gasteiger partial charge in [0.05, 0.1) is 19.9 Å². The van der Waals surface area contributed by atoms with E-state index >= 15 is 0 Å². The van der Waals surface area contributed by atoms with Gasteiger partial charge in [0.25, 0.3) is 0 Å². The number of benzene rings is 2. The Labute approximate surface area is 186 Å². The van der Waals surface area contributed by atoms with Crippen LogP contribution in [0.4, 0.5) is 11.4 Å². The largest absolute Gasteiger partial charge is 0.493 e. The number of thioether (sulfide) groups is 1. The number of hydrogen-bond donors (Lipinski definition) is 1. The SMILES string of the molecule is CCCN1C(=O)C(CC(=O)Nc2ccc(OC)c(OC)c2)SC1=Nc1ccccc1C. The molecule has 7 nitrogen and oxygen atoms in total. The molecule has 1 atom stereocenters. The zero-order valence-electron chi connectivity index (χ0n) is 18.2. The lowest BCUT2D eigenvalue weighted by Gasteiger charge is -2.15. The number of anilines is 1. The van der Waals surface area contributed by atoms with Crippen molar-refractivity contribution in [2.45, 2.75) is 31.9 Å². The van der Waals surface area contributed by atoms with E-state index in [1.165, 1.54) is 18.9 Å². The van der Waals surface area contributed by atoms with Crippen LogP contribution in [0.1, 0.15) is 25.3 Å². The Morgan fingerprint density at radius 2 is 1.90 bits per heavy atom. The van der Waals surface area contributed by atoms with Crippen molar-refractivity contribution in [2.24, 2.45) is 4.99 Å². The molecule has 31 heavy (non-hydrogen) atoms. The summed E-state index contributed by atoms with van der Waals surface area (Å²) in [5, 5.41) is 2.98. The predicted octanol–water partition coefficient (Wildman–Crippen LogP) is 4.38. The van der Waals surface area contributed by atoms with Gasteiger partial charge in [0.2, 0.25) is 11.8 Å². The van der Waals surface area contributed by atoms with E-state index in [0.717, 1.165) is 17.7 Å². The van der Waals surface area contributed by atoms with Gasteiger partial charge in [0.1, 0.15) is 5.25 Å². The molecule has 0 aromatic heterocycles. The van der Waals surface area contributed by atoms with Crippen molar-refractivity contribution in [3.8, 4) is 11.5 Å². The standard InChI is InChI=1S/C23H27N3O4S/c1-5-12-26-22(28)20(31-23(26)25-17-9-7-6-8-15(17)2)14-21(27)24-16-10-11-18(29-3)19(13-16)30-4/h6-11,13,20H,5,12,14H2,1-4H3,(H,24,27). The molecule has 8 heteroatoms. The van der Waals surface area contributed by atoms with Crippen LogP contribution in [-0.4, -0.2) is 47.9 Å². The number of methoxy groups -OCH3 is 2.